The molecule has 2 nitrogen and oxygen atoms in total. The molecule has 0 heterocycles. The highest BCUT2D eigenvalue weighted by Gasteiger charge is 2.02. The summed E-state index contributed by atoms with van der Waals surface area (Å²) in [5.74, 6) is 1.46. The molecule has 0 fully saturated rings. The molecule has 0 spiro atoms. The van der Waals surface area contributed by atoms with Gasteiger partial charge in [-0.15, -0.1) is 0 Å². The number of hydrogen-bond donors (Lipinski definition) is 1. The second kappa shape index (κ2) is 5.01. The highest BCUT2D eigenvalue weighted by molar-refractivity contribution is 5.29. The van der Waals surface area contributed by atoms with E-state index in [1.165, 1.54) is 5.56 Å². The van der Waals surface area contributed by atoms with Gasteiger partial charge in [-0.2, -0.15) is 0 Å². The molecule has 0 unspecified atom stereocenters. The van der Waals surface area contributed by atoms with E-state index in [-0.39, 0.29) is 6.10 Å². The molecular weight excluding hydrogens is 174 g/mol. The summed E-state index contributed by atoms with van der Waals surface area (Å²) in [6.45, 7) is 6.87. The number of rotatable bonds is 4. The third-order valence-corrected chi connectivity index (χ3v) is 2.22. The summed E-state index contributed by atoms with van der Waals surface area (Å²) in [6.07, 6.45) is 0.0832. The molecule has 0 amide bonds. The molecule has 0 aliphatic carbocycles. The first-order chi connectivity index (χ1) is 6.63. The van der Waals surface area contributed by atoms with Crippen molar-refractivity contribution < 1.29 is 4.74 Å². The van der Waals surface area contributed by atoms with Crippen LogP contribution in [0.3, 0.4) is 0 Å². The normalized spacial score (nSPS) is 12.9. The summed E-state index contributed by atoms with van der Waals surface area (Å²) in [7, 11) is 0. The van der Waals surface area contributed by atoms with Crippen LogP contribution in [0.5, 0.6) is 5.75 Å². The van der Waals surface area contributed by atoms with Gasteiger partial charge in [0.1, 0.15) is 11.9 Å². The van der Waals surface area contributed by atoms with E-state index < -0.39 is 0 Å². The average Bonchev–Trinajstić information content (AvgIpc) is 2.18. The largest absolute Gasteiger partial charge is 0.489 e. The minimum Gasteiger partial charge on any atom is -0.489 e. The van der Waals surface area contributed by atoms with Gasteiger partial charge < -0.3 is 10.5 Å². The standard InChI is InChI=1S/C12H19NO/c1-9(2)11-4-6-12(7-5-11)14-10(3)8-13/h4-7,9-10H,8,13H2,1-3H3/t10-/m1/s1. The number of nitrogens with two attached hydrogens (primary N) is 1. The Balaban J connectivity index is 2.64. The van der Waals surface area contributed by atoms with Gasteiger partial charge in [-0.1, -0.05) is 26.0 Å². The van der Waals surface area contributed by atoms with Crippen LogP contribution in [-0.2, 0) is 0 Å². The third kappa shape index (κ3) is 3.04. The van der Waals surface area contributed by atoms with Gasteiger partial charge in [-0.3, -0.25) is 0 Å². The van der Waals surface area contributed by atoms with Crippen LogP contribution in [0.25, 0.3) is 0 Å². The molecule has 1 rings (SSSR count). The number of benzene rings is 1. The lowest BCUT2D eigenvalue weighted by Crippen LogP contribution is -2.22. The Hall–Kier alpha value is -1.02. The summed E-state index contributed by atoms with van der Waals surface area (Å²) in [5.41, 5.74) is 6.80. The van der Waals surface area contributed by atoms with Crippen LogP contribution in [-0.4, -0.2) is 12.6 Å². The van der Waals surface area contributed by atoms with Crippen molar-refractivity contribution in [1.29, 1.82) is 0 Å². The smallest absolute Gasteiger partial charge is 0.119 e. The molecule has 0 aromatic heterocycles. The molecule has 1 aromatic carbocycles. The Morgan fingerprint density at radius 3 is 2.14 bits per heavy atom. The summed E-state index contributed by atoms with van der Waals surface area (Å²) >= 11 is 0. The van der Waals surface area contributed by atoms with Crippen LogP contribution in [0, 0.1) is 0 Å². The zero-order chi connectivity index (χ0) is 10.6. The molecule has 14 heavy (non-hydrogen) atoms. The van der Waals surface area contributed by atoms with E-state index in [4.69, 9.17) is 10.5 Å². The summed E-state index contributed by atoms with van der Waals surface area (Å²) < 4.78 is 5.57. The van der Waals surface area contributed by atoms with Gasteiger partial charge in [0.2, 0.25) is 0 Å². The van der Waals surface area contributed by atoms with Gasteiger partial charge >= 0.3 is 0 Å². The average molecular weight is 193 g/mol. The first-order valence-corrected chi connectivity index (χ1v) is 5.10. The maximum atomic E-state index is 5.57. The molecule has 2 N–H and O–H groups in total. The van der Waals surface area contributed by atoms with Crippen LogP contribution < -0.4 is 10.5 Å². The fourth-order valence-electron chi connectivity index (χ4n) is 1.21. The second-order valence-corrected chi connectivity index (χ2v) is 3.89. The predicted octanol–water partition coefficient (Wildman–Crippen LogP) is 2.54. The van der Waals surface area contributed by atoms with Gasteiger partial charge in [0, 0.05) is 6.54 Å². The van der Waals surface area contributed by atoms with Crippen molar-refractivity contribution in [1.82, 2.24) is 0 Å². The molecule has 0 aliphatic heterocycles. The molecule has 0 radical (unpaired) electrons. The van der Waals surface area contributed by atoms with E-state index in [0.29, 0.717) is 12.5 Å². The van der Waals surface area contributed by atoms with E-state index >= 15 is 0 Å². The Morgan fingerprint density at radius 2 is 1.71 bits per heavy atom. The van der Waals surface area contributed by atoms with Crippen molar-refractivity contribution in [3.63, 3.8) is 0 Å². The van der Waals surface area contributed by atoms with Gasteiger partial charge in [-0.25, -0.2) is 0 Å². The van der Waals surface area contributed by atoms with Crippen molar-refractivity contribution in [3.05, 3.63) is 29.8 Å². The minimum atomic E-state index is 0.0832. The predicted molar refractivity (Wildman–Crippen MR) is 59.7 cm³/mol. The minimum absolute atomic E-state index is 0.0832. The SMILES string of the molecule is CC(C)c1ccc(O[C@H](C)CN)cc1. The Morgan fingerprint density at radius 1 is 1.14 bits per heavy atom. The van der Waals surface area contributed by atoms with Gasteiger partial charge in [0.05, 0.1) is 0 Å². The van der Waals surface area contributed by atoms with Crippen molar-refractivity contribution in [3.8, 4) is 5.75 Å². The van der Waals surface area contributed by atoms with E-state index in [2.05, 4.69) is 26.0 Å². The zero-order valence-corrected chi connectivity index (χ0v) is 9.16. The molecule has 1 aromatic rings. The van der Waals surface area contributed by atoms with Crippen molar-refractivity contribution in [2.75, 3.05) is 6.54 Å². The maximum absolute atomic E-state index is 5.57. The quantitative estimate of drug-likeness (QED) is 0.797. The lowest BCUT2D eigenvalue weighted by Gasteiger charge is -2.13. The topological polar surface area (TPSA) is 35.2 Å². The first-order valence-electron chi connectivity index (χ1n) is 5.10. The van der Waals surface area contributed by atoms with E-state index in [1.54, 1.807) is 0 Å². The molecule has 2 heteroatoms. The van der Waals surface area contributed by atoms with E-state index in [0.717, 1.165) is 5.75 Å². The highest BCUT2D eigenvalue weighted by Crippen LogP contribution is 2.19. The molecule has 0 aliphatic rings. The summed E-state index contributed by atoms with van der Waals surface area (Å²) in [5, 5.41) is 0. The van der Waals surface area contributed by atoms with Gasteiger partial charge in [0.25, 0.3) is 0 Å². The van der Waals surface area contributed by atoms with Crippen LogP contribution in [0.1, 0.15) is 32.3 Å². The Kier molecular flexibility index (Phi) is 3.96. The van der Waals surface area contributed by atoms with Gasteiger partial charge in [0.15, 0.2) is 0 Å². The Labute approximate surface area is 86.1 Å². The first kappa shape index (κ1) is 11.1. The molecule has 78 valence electrons. The number of ether oxygens (including phenoxy) is 1. The summed E-state index contributed by atoms with van der Waals surface area (Å²) in [4.78, 5) is 0. The lowest BCUT2D eigenvalue weighted by molar-refractivity contribution is 0.230. The molecule has 0 bridgehead atoms. The molecular formula is C12H19NO. The lowest BCUT2D eigenvalue weighted by atomic mass is 10.0. The fraction of sp³-hybridized carbons (Fsp3) is 0.500. The maximum Gasteiger partial charge on any atom is 0.119 e. The Bertz CT molecular complexity index is 266. The molecule has 0 saturated heterocycles. The van der Waals surface area contributed by atoms with Crippen LogP contribution in [0.2, 0.25) is 0 Å². The summed E-state index contributed by atoms with van der Waals surface area (Å²) in [6, 6.07) is 8.20. The fourth-order valence-corrected chi connectivity index (χ4v) is 1.21. The highest BCUT2D eigenvalue weighted by atomic mass is 16.5. The van der Waals surface area contributed by atoms with E-state index in [1.807, 2.05) is 19.1 Å². The van der Waals surface area contributed by atoms with Gasteiger partial charge in [-0.05, 0) is 30.5 Å². The monoisotopic (exact) mass is 193 g/mol. The molecule has 0 saturated carbocycles. The van der Waals surface area contributed by atoms with Crippen LogP contribution in [0.4, 0.5) is 0 Å². The van der Waals surface area contributed by atoms with Crippen molar-refractivity contribution in [2.24, 2.45) is 5.73 Å². The zero-order valence-electron chi connectivity index (χ0n) is 9.16. The van der Waals surface area contributed by atoms with Crippen molar-refractivity contribution in [2.45, 2.75) is 32.8 Å². The van der Waals surface area contributed by atoms with E-state index in [9.17, 15) is 0 Å². The number of hydrogen-bond acceptors (Lipinski definition) is 2. The molecule has 1 atom stereocenters. The third-order valence-electron chi connectivity index (χ3n) is 2.22. The van der Waals surface area contributed by atoms with Crippen molar-refractivity contribution >= 4 is 0 Å². The van der Waals surface area contributed by atoms with Crippen LogP contribution >= 0.6 is 0 Å². The second-order valence-electron chi connectivity index (χ2n) is 3.89. The van der Waals surface area contributed by atoms with Crippen LogP contribution in [0.15, 0.2) is 24.3 Å².